The SMILES string of the molecule is CCS(=O)(=O)c1cc(C)c(C)cc1CNC(=O)c1cc(Cl)c(CN2CCCC[C@H]2NC)c(C(F)(F)F)c1. The third kappa shape index (κ3) is 6.85. The molecular formula is C26H33ClF3N3O3S. The van der Waals surface area contributed by atoms with Crippen LogP contribution in [0.25, 0.3) is 0 Å². The Bertz CT molecular complexity index is 1270. The molecule has 0 spiro atoms. The van der Waals surface area contributed by atoms with Crippen molar-refractivity contribution in [2.45, 2.75) is 70.4 Å². The first-order valence-corrected chi connectivity index (χ1v) is 14.2. The summed E-state index contributed by atoms with van der Waals surface area (Å²) in [5, 5.41) is 5.57. The number of hydrogen-bond donors (Lipinski definition) is 2. The van der Waals surface area contributed by atoms with Gasteiger partial charge in [0.1, 0.15) is 0 Å². The molecule has 2 aromatic rings. The molecule has 2 N–H and O–H groups in total. The van der Waals surface area contributed by atoms with Crippen molar-refractivity contribution >= 4 is 27.3 Å². The zero-order valence-electron chi connectivity index (χ0n) is 21.4. The Labute approximate surface area is 221 Å². The van der Waals surface area contributed by atoms with E-state index in [-0.39, 0.29) is 46.1 Å². The summed E-state index contributed by atoms with van der Waals surface area (Å²) in [6.45, 7) is 5.61. The van der Waals surface area contributed by atoms with Crippen molar-refractivity contribution in [1.82, 2.24) is 15.5 Å². The maximum atomic E-state index is 14.1. The fourth-order valence-electron chi connectivity index (χ4n) is 4.60. The molecule has 1 heterocycles. The van der Waals surface area contributed by atoms with Crippen LogP contribution >= 0.6 is 11.6 Å². The molecule has 0 aliphatic carbocycles. The van der Waals surface area contributed by atoms with E-state index in [9.17, 15) is 26.4 Å². The quantitative estimate of drug-likeness (QED) is 0.463. The fourth-order valence-corrected chi connectivity index (χ4v) is 6.08. The Balaban J connectivity index is 1.91. The number of nitrogens with zero attached hydrogens (tertiary/aromatic N) is 1. The number of carbonyl (C=O) groups is 1. The number of alkyl halides is 3. The van der Waals surface area contributed by atoms with E-state index in [1.54, 1.807) is 26.1 Å². The van der Waals surface area contributed by atoms with Crippen LogP contribution in [0.4, 0.5) is 13.2 Å². The van der Waals surface area contributed by atoms with Crippen molar-refractivity contribution in [1.29, 1.82) is 0 Å². The van der Waals surface area contributed by atoms with Gasteiger partial charge in [0.05, 0.1) is 22.4 Å². The summed E-state index contributed by atoms with van der Waals surface area (Å²) in [5.41, 5.74) is 0.732. The first-order chi connectivity index (χ1) is 17.3. The van der Waals surface area contributed by atoms with Gasteiger partial charge in [-0.3, -0.25) is 9.69 Å². The van der Waals surface area contributed by atoms with E-state index < -0.39 is 27.5 Å². The zero-order valence-corrected chi connectivity index (χ0v) is 23.0. The van der Waals surface area contributed by atoms with Crippen LogP contribution in [0, 0.1) is 13.8 Å². The smallest absolute Gasteiger partial charge is 0.348 e. The molecule has 2 aromatic carbocycles. The lowest BCUT2D eigenvalue weighted by Crippen LogP contribution is -2.46. The summed E-state index contributed by atoms with van der Waals surface area (Å²) >= 11 is 6.35. The monoisotopic (exact) mass is 559 g/mol. The third-order valence-electron chi connectivity index (χ3n) is 6.90. The molecule has 11 heteroatoms. The molecule has 0 aromatic heterocycles. The average molecular weight is 560 g/mol. The molecule has 0 unspecified atom stereocenters. The first-order valence-electron chi connectivity index (χ1n) is 12.2. The first kappa shape index (κ1) is 29.4. The van der Waals surface area contributed by atoms with Crippen LogP contribution in [0.15, 0.2) is 29.2 Å². The third-order valence-corrected chi connectivity index (χ3v) is 9.05. The number of sulfone groups is 1. The highest BCUT2D eigenvalue weighted by Crippen LogP contribution is 2.37. The predicted octanol–water partition coefficient (Wildman–Crippen LogP) is 5.23. The molecule has 6 nitrogen and oxygen atoms in total. The molecule has 3 rings (SSSR count). The number of amides is 1. The molecule has 1 saturated heterocycles. The molecule has 0 radical (unpaired) electrons. The highest BCUT2D eigenvalue weighted by Gasteiger charge is 2.36. The van der Waals surface area contributed by atoms with Crippen LogP contribution in [0.1, 0.15) is 64.4 Å². The normalized spacial score (nSPS) is 17.1. The van der Waals surface area contributed by atoms with Gasteiger partial charge in [-0.2, -0.15) is 13.2 Å². The largest absolute Gasteiger partial charge is 0.416 e. The summed E-state index contributed by atoms with van der Waals surface area (Å²) in [4.78, 5) is 15.0. The van der Waals surface area contributed by atoms with Crippen molar-refractivity contribution in [3.05, 3.63) is 62.7 Å². The summed E-state index contributed by atoms with van der Waals surface area (Å²) in [6, 6.07) is 5.29. The Kier molecular flexibility index (Phi) is 9.32. The number of rotatable bonds is 8. The second-order valence-electron chi connectivity index (χ2n) is 9.38. The maximum Gasteiger partial charge on any atom is 0.416 e. The predicted molar refractivity (Wildman–Crippen MR) is 138 cm³/mol. The summed E-state index contributed by atoms with van der Waals surface area (Å²) < 4.78 is 67.4. The highest BCUT2D eigenvalue weighted by molar-refractivity contribution is 7.91. The number of nitrogens with one attached hydrogen (secondary N) is 2. The molecule has 1 atom stereocenters. The minimum atomic E-state index is -4.71. The van der Waals surface area contributed by atoms with Gasteiger partial charge in [0.15, 0.2) is 9.84 Å². The van der Waals surface area contributed by atoms with Crippen LogP contribution in [-0.2, 0) is 29.1 Å². The lowest BCUT2D eigenvalue weighted by Gasteiger charge is -2.36. The molecular weight excluding hydrogens is 527 g/mol. The Morgan fingerprint density at radius 3 is 2.43 bits per heavy atom. The maximum absolute atomic E-state index is 14.1. The molecule has 1 aliphatic heterocycles. The van der Waals surface area contributed by atoms with E-state index in [1.807, 2.05) is 11.8 Å². The van der Waals surface area contributed by atoms with Crippen molar-refractivity contribution in [2.24, 2.45) is 0 Å². The fraction of sp³-hybridized carbons (Fsp3) is 0.500. The number of hydrogen-bond acceptors (Lipinski definition) is 5. The summed E-state index contributed by atoms with van der Waals surface area (Å²) in [6.07, 6.45) is -2.07. The van der Waals surface area contributed by atoms with Gasteiger partial charge in [-0.15, -0.1) is 0 Å². The number of benzene rings is 2. The highest BCUT2D eigenvalue weighted by atomic mass is 35.5. The zero-order chi connectivity index (χ0) is 27.5. The molecule has 1 amide bonds. The van der Waals surface area contributed by atoms with Gasteiger partial charge >= 0.3 is 6.18 Å². The van der Waals surface area contributed by atoms with E-state index in [2.05, 4.69) is 10.6 Å². The van der Waals surface area contributed by atoms with Crippen LogP contribution in [-0.4, -0.2) is 44.7 Å². The van der Waals surface area contributed by atoms with Crippen molar-refractivity contribution in [3.8, 4) is 0 Å². The van der Waals surface area contributed by atoms with Crippen LogP contribution in [0.5, 0.6) is 0 Å². The summed E-state index contributed by atoms with van der Waals surface area (Å²) in [5.74, 6) is -0.892. The number of likely N-dealkylation sites (tertiary alicyclic amines) is 1. The minimum absolute atomic E-state index is 0.00195. The second kappa shape index (κ2) is 11.7. The number of halogens is 4. The van der Waals surface area contributed by atoms with E-state index in [4.69, 9.17) is 11.6 Å². The van der Waals surface area contributed by atoms with Gasteiger partial charge in [0, 0.05) is 23.7 Å². The summed E-state index contributed by atoms with van der Waals surface area (Å²) in [7, 11) is -1.80. The van der Waals surface area contributed by atoms with Crippen molar-refractivity contribution in [2.75, 3.05) is 19.3 Å². The molecule has 1 aliphatic rings. The standard InChI is InChI=1S/C26H33ClF3N3O3S/c1-5-37(35,36)23-11-17(3)16(2)10-19(23)14-32-25(34)18-12-21(26(28,29)30)20(22(27)13-18)15-33-9-7-6-8-24(33)31-4/h10-13,24,31H,5-9,14-15H2,1-4H3,(H,32,34)/t24-/m0/s1. The molecule has 1 fully saturated rings. The number of piperidine rings is 1. The van der Waals surface area contributed by atoms with Crippen LogP contribution < -0.4 is 10.6 Å². The molecule has 0 saturated carbocycles. The van der Waals surface area contributed by atoms with Gasteiger partial charge in [-0.1, -0.05) is 24.6 Å². The second-order valence-corrected chi connectivity index (χ2v) is 12.0. The Morgan fingerprint density at radius 2 is 1.81 bits per heavy atom. The van der Waals surface area contributed by atoms with Gasteiger partial charge in [0.2, 0.25) is 0 Å². The lowest BCUT2D eigenvalue weighted by molar-refractivity contribution is -0.138. The van der Waals surface area contributed by atoms with Gasteiger partial charge in [-0.25, -0.2) is 8.42 Å². The Morgan fingerprint density at radius 1 is 1.14 bits per heavy atom. The van der Waals surface area contributed by atoms with Gasteiger partial charge in [-0.05, 0) is 87.2 Å². The van der Waals surface area contributed by atoms with Crippen LogP contribution in [0.3, 0.4) is 0 Å². The van der Waals surface area contributed by atoms with Crippen molar-refractivity contribution < 1.29 is 26.4 Å². The van der Waals surface area contributed by atoms with E-state index in [0.717, 1.165) is 36.5 Å². The van der Waals surface area contributed by atoms with E-state index >= 15 is 0 Å². The topological polar surface area (TPSA) is 78.5 Å². The van der Waals surface area contributed by atoms with Gasteiger partial charge < -0.3 is 10.6 Å². The lowest BCUT2D eigenvalue weighted by atomic mass is 10.00. The Hall–Kier alpha value is -2.14. The van der Waals surface area contributed by atoms with Gasteiger partial charge in [0.25, 0.3) is 5.91 Å². The van der Waals surface area contributed by atoms with E-state index in [0.29, 0.717) is 12.1 Å². The number of aryl methyl sites for hydroxylation is 2. The van der Waals surface area contributed by atoms with E-state index in [1.165, 1.54) is 13.0 Å². The average Bonchev–Trinajstić information content (AvgIpc) is 2.84. The van der Waals surface area contributed by atoms with Crippen molar-refractivity contribution in [3.63, 3.8) is 0 Å². The minimum Gasteiger partial charge on any atom is -0.348 e. The molecule has 0 bridgehead atoms. The number of carbonyl (C=O) groups excluding carboxylic acids is 1. The van der Waals surface area contributed by atoms with Crippen LogP contribution in [0.2, 0.25) is 5.02 Å². The molecule has 37 heavy (non-hydrogen) atoms. The molecule has 204 valence electrons.